The zero-order valence-electron chi connectivity index (χ0n) is 14.2. The quantitative estimate of drug-likeness (QED) is 0.469. The maximum atomic E-state index is 8.90. The number of nitriles is 1. The van der Waals surface area contributed by atoms with Crippen LogP contribution < -0.4 is 5.32 Å². The maximum Gasteiger partial charge on any atom is 0.183 e. The van der Waals surface area contributed by atoms with Gasteiger partial charge in [0, 0.05) is 46.0 Å². The molecule has 0 spiro atoms. The number of thiophene rings is 1. The van der Waals surface area contributed by atoms with Crippen molar-refractivity contribution in [2.75, 3.05) is 11.9 Å². The first kappa shape index (κ1) is 16.8. The third-order valence-electron chi connectivity index (χ3n) is 4.26. The topological polar surface area (TPSA) is 53.6 Å². The van der Waals surface area contributed by atoms with Crippen molar-refractivity contribution in [1.29, 1.82) is 5.26 Å². The Morgan fingerprint density at radius 3 is 2.92 bits per heavy atom. The van der Waals surface area contributed by atoms with Crippen LogP contribution in [0.4, 0.5) is 5.13 Å². The Kier molecular flexibility index (Phi) is 5.00. The van der Waals surface area contributed by atoms with E-state index >= 15 is 0 Å². The number of aromatic nitrogens is 2. The van der Waals surface area contributed by atoms with Crippen molar-refractivity contribution in [1.82, 2.24) is 9.55 Å². The largest absolute Gasteiger partial charge is 0.361 e. The second-order valence-corrected chi connectivity index (χ2v) is 7.85. The SMILES string of the molecule is N#CCCn1cc(-c2csc(NCCc3cccs3)n2)c2ccccc21. The number of hydrogen-bond acceptors (Lipinski definition) is 5. The van der Waals surface area contributed by atoms with Crippen LogP contribution in [-0.2, 0) is 13.0 Å². The molecule has 0 fully saturated rings. The zero-order valence-corrected chi connectivity index (χ0v) is 15.8. The van der Waals surface area contributed by atoms with Gasteiger partial charge in [0.1, 0.15) is 0 Å². The van der Waals surface area contributed by atoms with E-state index in [1.807, 2.05) is 12.1 Å². The molecule has 26 heavy (non-hydrogen) atoms. The highest BCUT2D eigenvalue weighted by molar-refractivity contribution is 7.14. The molecule has 4 nitrogen and oxygen atoms in total. The lowest BCUT2D eigenvalue weighted by atomic mass is 10.1. The van der Waals surface area contributed by atoms with E-state index in [1.165, 1.54) is 10.3 Å². The summed E-state index contributed by atoms with van der Waals surface area (Å²) >= 11 is 3.42. The molecule has 1 aromatic carbocycles. The number of rotatable bonds is 7. The van der Waals surface area contributed by atoms with E-state index in [2.05, 4.69) is 57.2 Å². The van der Waals surface area contributed by atoms with Crippen LogP contribution in [-0.4, -0.2) is 16.1 Å². The predicted octanol–water partition coefficient (Wildman–Crippen LogP) is 5.39. The van der Waals surface area contributed by atoms with Gasteiger partial charge in [0.15, 0.2) is 5.13 Å². The van der Waals surface area contributed by atoms with Crippen molar-refractivity contribution < 1.29 is 0 Å². The van der Waals surface area contributed by atoms with Gasteiger partial charge in [-0.2, -0.15) is 5.26 Å². The Labute approximate surface area is 160 Å². The number of aryl methyl sites for hydroxylation is 1. The van der Waals surface area contributed by atoms with Crippen LogP contribution in [0.25, 0.3) is 22.2 Å². The lowest BCUT2D eigenvalue weighted by Crippen LogP contribution is -2.03. The van der Waals surface area contributed by atoms with Crippen molar-refractivity contribution >= 4 is 38.7 Å². The highest BCUT2D eigenvalue weighted by Gasteiger charge is 2.12. The normalized spacial score (nSPS) is 10.9. The van der Waals surface area contributed by atoms with Crippen molar-refractivity contribution in [3.8, 4) is 17.3 Å². The van der Waals surface area contributed by atoms with E-state index in [0.29, 0.717) is 13.0 Å². The summed E-state index contributed by atoms with van der Waals surface area (Å²) in [4.78, 5) is 6.16. The van der Waals surface area contributed by atoms with Crippen LogP contribution in [0.1, 0.15) is 11.3 Å². The molecule has 0 atom stereocenters. The number of benzene rings is 1. The number of thiazole rings is 1. The third-order valence-corrected chi connectivity index (χ3v) is 6.00. The van der Waals surface area contributed by atoms with E-state index < -0.39 is 0 Å². The Morgan fingerprint density at radius 1 is 1.15 bits per heavy atom. The molecule has 3 aromatic heterocycles. The molecular weight excluding hydrogens is 360 g/mol. The van der Waals surface area contributed by atoms with E-state index in [9.17, 15) is 0 Å². The molecule has 1 N–H and O–H groups in total. The fraction of sp³-hybridized carbons (Fsp3) is 0.200. The minimum atomic E-state index is 0.505. The molecule has 3 heterocycles. The van der Waals surface area contributed by atoms with E-state index in [1.54, 1.807) is 22.7 Å². The monoisotopic (exact) mass is 378 g/mol. The second-order valence-electron chi connectivity index (χ2n) is 5.96. The van der Waals surface area contributed by atoms with Crippen LogP contribution in [0.3, 0.4) is 0 Å². The van der Waals surface area contributed by atoms with Gasteiger partial charge in [0.05, 0.1) is 18.2 Å². The van der Waals surface area contributed by atoms with Gasteiger partial charge in [-0.1, -0.05) is 24.3 Å². The van der Waals surface area contributed by atoms with Gasteiger partial charge in [-0.05, 0) is 23.9 Å². The van der Waals surface area contributed by atoms with Crippen LogP contribution in [0.2, 0.25) is 0 Å². The maximum absolute atomic E-state index is 8.90. The average Bonchev–Trinajstić information content (AvgIpc) is 3.40. The lowest BCUT2D eigenvalue weighted by molar-refractivity contribution is 0.745. The van der Waals surface area contributed by atoms with E-state index in [-0.39, 0.29) is 0 Å². The molecule has 0 bridgehead atoms. The first-order chi connectivity index (χ1) is 12.8. The van der Waals surface area contributed by atoms with Gasteiger partial charge in [-0.15, -0.1) is 22.7 Å². The average molecular weight is 379 g/mol. The first-order valence-corrected chi connectivity index (χ1v) is 10.3. The fourth-order valence-electron chi connectivity index (χ4n) is 3.03. The van der Waals surface area contributed by atoms with Gasteiger partial charge < -0.3 is 9.88 Å². The fourth-order valence-corrected chi connectivity index (χ4v) is 4.48. The summed E-state index contributed by atoms with van der Waals surface area (Å²) in [5, 5.41) is 18.7. The van der Waals surface area contributed by atoms with Gasteiger partial charge in [0.25, 0.3) is 0 Å². The summed E-state index contributed by atoms with van der Waals surface area (Å²) in [6, 6.07) is 14.8. The summed E-state index contributed by atoms with van der Waals surface area (Å²) in [5.74, 6) is 0. The van der Waals surface area contributed by atoms with Gasteiger partial charge in [-0.3, -0.25) is 0 Å². The molecule has 0 unspecified atom stereocenters. The van der Waals surface area contributed by atoms with Crippen molar-refractivity contribution in [3.63, 3.8) is 0 Å². The van der Waals surface area contributed by atoms with Crippen molar-refractivity contribution in [3.05, 3.63) is 58.2 Å². The zero-order chi connectivity index (χ0) is 17.8. The smallest absolute Gasteiger partial charge is 0.183 e. The van der Waals surface area contributed by atoms with Crippen LogP contribution in [0.15, 0.2) is 53.4 Å². The highest BCUT2D eigenvalue weighted by Crippen LogP contribution is 2.32. The molecule has 0 aliphatic carbocycles. The summed E-state index contributed by atoms with van der Waals surface area (Å²) < 4.78 is 2.15. The minimum absolute atomic E-state index is 0.505. The Balaban J connectivity index is 1.54. The number of nitrogens with one attached hydrogen (secondary N) is 1. The molecule has 0 aliphatic rings. The molecule has 0 amide bonds. The Bertz CT molecular complexity index is 1040. The molecule has 0 saturated carbocycles. The molecule has 0 aliphatic heterocycles. The molecular formula is C20H18N4S2. The van der Waals surface area contributed by atoms with Crippen molar-refractivity contribution in [2.45, 2.75) is 19.4 Å². The van der Waals surface area contributed by atoms with E-state index in [4.69, 9.17) is 10.2 Å². The van der Waals surface area contributed by atoms with Gasteiger partial charge in [0.2, 0.25) is 0 Å². The minimum Gasteiger partial charge on any atom is -0.361 e. The molecule has 4 aromatic rings. The number of hydrogen-bond donors (Lipinski definition) is 1. The standard InChI is InChI=1S/C20H18N4S2/c21-9-4-11-24-13-17(16-6-1-2-7-19(16)24)18-14-26-20(23-18)22-10-8-15-5-3-12-25-15/h1-3,5-7,12-14H,4,8,10-11H2,(H,22,23). The Hall–Kier alpha value is -2.62. The molecule has 4 rings (SSSR count). The third kappa shape index (κ3) is 3.50. The molecule has 0 saturated heterocycles. The highest BCUT2D eigenvalue weighted by atomic mass is 32.1. The number of para-hydroxylation sites is 1. The van der Waals surface area contributed by atoms with Crippen LogP contribution in [0.5, 0.6) is 0 Å². The lowest BCUT2D eigenvalue weighted by Gasteiger charge is -2.00. The summed E-state index contributed by atoms with van der Waals surface area (Å²) in [7, 11) is 0. The second kappa shape index (κ2) is 7.73. The summed E-state index contributed by atoms with van der Waals surface area (Å²) in [6.45, 7) is 1.59. The summed E-state index contributed by atoms with van der Waals surface area (Å²) in [5.41, 5.74) is 3.26. The van der Waals surface area contributed by atoms with Crippen molar-refractivity contribution in [2.24, 2.45) is 0 Å². The molecule has 0 radical (unpaired) electrons. The summed E-state index contributed by atoms with van der Waals surface area (Å²) in [6.07, 6.45) is 3.64. The number of fused-ring (bicyclic) bond motifs is 1. The van der Waals surface area contributed by atoms with Gasteiger partial charge in [-0.25, -0.2) is 4.98 Å². The number of nitrogens with zero attached hydrogens (tertiary/aromatic N) is 3. The molecule has 6 heteroatoms. The molecule has 130 valence electrons. The number of anilines is 1. The van der Waals surface area contributed by atoms with E-state index in [0.717, 1.165) is 34.9 Å². The Morgan fingerprint density at radius 2 is 2.08 bits per heavy atom. The predicted molar refractivity (Wildman–Crippen MR) is 110 cm³/mol. The van der Waals surface area contributed by atoms with Gasteiger partial charge >= 0.3 is 0 Å². The van der Waals surface area contributed by atoms with Crippen LogP contribution in [0, 0.1) is 11.3 Å². The van der Waals surface area contributed by atoms with Crippen LogP contribution >= 0.6 is 22.7 Å². The first-order valence-electron chi connectivity index (χ1n) is 8.52.